The maximum absolute atomic E-state index is 13.1. The predicted octanol–water partition coefficient (Wildman–Crippen LogP) is 4.15. The van der Waals surface area contributed by atoms with Gasteiger partial charge in [0.15, 0.2) is 0 Å². The highest BCUT2D eigenvalue weighted by atomic mass is 19.4. The number of aromatic nitrogens is 2. The monoisotopic (exact) mass is 332 g/mol. The molecule has 124 valence electrons. The van der Waals surface area contributed by atoms with Crippen LogP contribution in [0.5, 0.6) is 0 Å². The molecule has 0 spiro atoms. The number of hydrogen-bond donors (Lipinski definition) is 1. The number of fused-ring (bicyclic) bond motifs is 1. The summed E-state index contributed by atoms with van der Waals surface area (Å²) < 4.78 is 39.3. The van der Waals surface area contributed by atoms with Gasteiger partial charge in [-0.15, -0.1) is 0 Å². The molecule has 3 aromatic rings. The molecule has 1 aromatic heterocycles. The van der Waals surface area contributed by atoms with Gasteiger partial charge in [-0.25, -0.2) is 4.98 Å². The summed E-state index contributed by atoms with van der Waals surface area (Å²) in [6, 6.07) is 8.86. The SMILES string of the molecule is Cc1cc2nc(Cc3ccccc3C(F)(F)F)c(=O)[nH]c2cc1C. The number of nitrogens with zero attached hydrogens (tertiary/aromatic N) is 1. The summed E-state index contributed by atoms with van der Waals surface area (Å²) in [4.78, 5) is 19.2. The first-order valence-electron chi connectivity index (χ1n) is 7.41. The van der Waals surface area contributed by atoms with E-state index in [0.29, 0.717) is 11.0 Å². The molecular weight excluding hydrogens is 317 g/mol. The number of hydrogen-bond acceptors (Lipinski definition) is 2. The molecule has 0 atom stereocenters. The third-order valence-corrected chi connectivity index (χ3v) is 4.06. The van der Waals surface area contributed by atoms with Crippen molar-refractivity contribution in [2.24, 2.45) is 0 Å². The second-order valence-electron chi connectivity index (χ2n) is 5.80. The van der Waals surface area contributed by atoms with Crippen molar-refractivity contribution in [3.63, 3.8) is 0 Å². The van der Waals surface area contributed by atoms with E-state index in [0.717, 1.165) is 17.2 Å². The van der Waals surface area contributed by atoms with Gasteiger partial charge >= 0.3 is 6.18 Å². The predicted molar refractivity (Wildman–Crippen MR) is 86.1 cm³/mol. The zero-order valence-electron chi connectivity index (χ0n) is 13.2. The molecule has 6 heteroatoms. The minimum absolute atomic E-state index is 0.0335. The number of aromatic amines is 1. The van der Waals surface area contributed by atoms with E-state index in [4.69, 9.17) is 0 Å². The molecule has 0 saturated carbocycles. The maximum Gasteiger partial charge on any atom is 0.416 e. The molecular formula is C18H15F3N2O. The third-order valence-electron chi connectivity index (χ3n) is 4.06. The average Bonchev–Trinajstić information content (AvgIpc) is 2.50. The van der Waals surface area contributed by atoms with Gasteiger partial charge < -0.3 is 4.98 Å². The zero-order chi connectivity index (χ0) is 17.5. The highest BCUT2D eigenvalue weighted by Gasteiger charge is 2.33. The molecule has 0 radical (unpaired) electrons. The molecule has 2 aromatic carbocycles. The fraction of sp³-hybridized carbons (Fsp3) is 0.222. The van der Waals surface area contributed by atoms with Crippen LogP contribution in [-0.2, 0) is 12.6 Å². The van der Waals surface area contributed by atoms with E-state index in [1.807, 2.05) is 26.0 Å². The van der Waals surface area contributed by atoms with Crippen LogP contribution in [0.4, 0.5) is 13.2 Å². The quantitative estimate of drug-likeness (QED) is 0.766. The zero-order valence-corrected chi connectivity index (χ0v) is 13.2. The standard InChI is InChI=1S/C18H15F3N2O/c1-10-7-14-15(8-11(10)2)23-17(24)16(22-14)9-12-5-3-4-6-13(12)18(19,20)21/h3-8H,9H2,1-2H3,(H,23,24). The van der Waals surface area contributed by atoms with E-state index in [9.17, 15) is 18.0 Å². The van der Waals surface area contributed by atoms with Crippen molar-refractivity contribution in [3.8, 4) is 0 Å². The van der Waals surface area contributed by atoms with Gasteiger partial charge in [-0.05, 0) is 48.7 Å². The number of halogens is 3. The molecule has 0 saturated heterocycles. The molecule has 0 fully saturated rings. The number of rotatable bonds is 2. The van der Waals surface area contributed by atoms with E-state index in [1.54, 1.807) is 0 Å². The lowest BCUT2D eigenvalue weighted by atomic mass is 10.0. The van der Waals surface area contributed by atoms with Crippen molar-refractivity contribution in [2.75, 3.05) is 0 Å². The summed E-state index contributed by atoms with van der Waals surface area (Å²) in [5.74, 6) is 0. The molecule has 3 nitrogen and oxygen atoms in total. The van der Waals surface area contributed by atoms with Crippen LogP contribution in [0.2, 0.25) is 0 Å². The number of benzene rings is 2. The molecule has 0 aliphatic carbocycles. The molecule has 1 heterocycles. The van der Waals surface area contributed by atoms with Crippen LogP contribution >= 0.6 is 0 Å². The van der Waals surface area contributed by atoms with Crippen LogP contribution < -0.4 is 5.56 Å². The third kappa shape index (κ3) is 3.04. The molecule has 0 amide bonds. The first kappa shape index (κ1) is 16.2. The van der Waals surface area contributed by atoms with E-state index >= 15 is 0 Å². The Hall–Kier alpha value is -2.63. The number of H-pyrrole nitrogens is 1. The lowest BCUT2D eigenvalue weighted by Crippen LogP contribution is -2.17. The second kappa shape index (κ2) is 5.78. The molecule has 0 unspecified atom stereocenters. The summed E-state index contributed by atoms with van der Waals surface area (Å²) in [5.41, 5.74) is 2.05. The highest BCUT2D eigenvalue weighted by molar-refractivity contribution is 5.76. The maximum atomic E-state index is 13.1. The Bertz CT molecular complexity index is 974. The Morgan fingerprint density at radius 1 is 1.08 bits per heavy atom. The molecule has 3 rings (SSSR count). The van der Waals surface area contributed by atoms with Gasteiger partial charge in [0, 0.05) is 6.42 Å². The van der Waals surface area contributed by atoms with Crippen LogP contribution in [-0.4, -0.2) is 9.97 Å². The molecule has 1 N–H and O–H groups in total. The fourth-order valence-electron chi connectivity index (χ4n) is 2.64. The number of alkyl halides is 3. The van der Waals surface area contributed by atoms with Gasteiger partial charge in [-0.1, -0.05) is 18.2 Å². The molecule has 24 heavy (non-hydrogen) atoms. The Morgan fingerprint density at radius 2 is 1.75 bits per heavy atom. The normalized spacial score (nSPS) is 11.9. The summed E-state index contributed by atoms with van der Waals surface area (Å²) in [5, 5.41) is 0. The summed E-state index contributed by atoms with van der Waals surface area (Å²) >= 11 is 0. The summed E-state index contributed by atoms with van der Waals surface area (Å²) in [6.07, 6.45) is -4.64. The fourth-order valence-corrected chi connectivity index (χ4v) is 2.64. The van der Waals surface area contributed by atoms with E-state index in [-0.39, 0.29) is 17.7 Å². The van der Waals surface area contributed by atoms with Gasteiger partial charge in [-0.2, -0.15) is 13.2 Å². The lowest BCUT2D eigenvalue weighted by Gasteiger charge is -2.12. The summed E-state index contributed by atoms with van der Waals surface area (Å²) in [6.45, 7) is 3.83. The van der Waals surface area contributed by atoms with Crippen LogP contribution in [0.3, 0.4) is 0 Å². The van der Waals surface area contributed by atoms with Crippen molar-refractivity contribution in [2.45, 2.75) is 26.4 Å². The molecule has 0 aliphatic rings. The van der Waals surface area contributed by atoms with Gasteiger partial charge in [-0.3, -0.25) is 4.79 Å². The van der Waals surface area contributed by atoms with Gasteiger partial charge in [0.25, 0.3) is 5.56 Å². The van der Waals surface area contributed by atoms with Crippen LogP contribution in [0.25, 0.3) is 11.0 Å². The topological polar surface area (TPSA) is 45.8 Å². The first-order valence-corrected chi connectivity index (χ1v) is 7.41. The van der Waals surface area contributed by atoms with Crippen molar-refractivity contribution in [3.05, 3.63) is 74.7 Å². The van der Waals surface area contributed by atoms with Crippen LogP contribution in [0.1, 0.15) is 27.9 Å². The van der Waals surface area contributed by atoms with Gasteiger partial charge in [0.2, 0.25) is 0 Å². The van der Waals surface area contributed by atoms with Gasteiger partial charge in [0.05, 0.1) is 16.6 Å². The smallest absolute Gasteiger partial charge is 0.319 e. The highest BCUT2D eigenvalue weighted by Crippen LogP contribution is 2.32. The van der Waals surface area contributed by atoms with Gasteiger partial charge in [0.1, 0.15) is 5.69 Å². The minimum Gasteiger partial charge on any atom is -0.319 e. The largest absolute Gasteiger partial charge is 0.416 e. The Labute approximate surface area is 136 Å². The number of aryl methyl sites for hydroxylation is 2. The molecule has 0 aliphatic heterocycles. The summed E-state index contributed by atoms with van der Waals surface area (Å²) in [7, 11) is 0. The second-order valence-corrected chi connectivity index (χ2v) is 5.80. The Morgan fingerprint density at radius 3 is 2.46 bits per heavy atom. The van der Waals surface area contributed by atoms with Crippen LogP contribution in [0.15, 0.2) is 41.2 Å². The average molecular weight is 332 g/mol. The van der Waals surface area contributed by atoms with Crippen molar-refractivity contribution in [1.29, 1.82) is 0 Å². The minimum atomic E-state index is -4.46. The number of nitrogens with one attached hydrogen (secondary N) is 1. The Balaban J connectivity index is 2.10. The first-order chi connectivity index (χ1) is 11.3. The molecule has 0 bridgehead atoms. The van der Waals surface area contributed by atoms with Crippen molar-refractivity contribution in [1.82, 2.24) is 9.97 Å². The Kier molecular flexibility index (Phi) is 3.91. The van der Waals surface area contributed by atoms with Crippen LogP contribution in [0, 0.1) is 13.8 Å². The van der Waals surface area contributed by atoms with E-state index in [1.165, 1.54) is 18.2 Å². The lowest BCUT2D eigenvalue weighted by molar-refractivity contribution is -0.138. The van der Waals surface area contributed by atoms with E-state index in [2.05, 4.69) is 9.97 Å². The van der Waals surface area contributed by atoms with Crippen molar-refractivity contribution < 1.29 is 13.2 Å². The van der Waals surface area contributed by atoms with Crippen molar-refractivity contribution >= 4 is 11.0 Å². The van der Waals surface area contributed by atoms with E-state index < -0.39 is 17.3 Å².